The maximum Gasteiger partial charge on any atom is 0.123 e. The molecule has 0 radical (unpaired) electrons. The lowest BCUT2D eigenvalue weighted by Crippen LogP contribution is -2.18. The van der Waals surface area contributed by atoms with Crippen molar-refractivity contribution in [2.24, 2.45) is 5.73 Å². The highest BCUT2D eigenvalue weighted by Gasteiger charge is 2.07. The molecule has 0 saturated carbocycles. The Morgan fingerprint density at radius 3 is 2.78 bits per heavy atom. The van der Waals surface area contributed by atoms with Crippen molar-refractivity contribution in [3.05, 3.63) is 29.6 Å². The minimum atomic E-state index is -0.257. The van der Waals surface area contributed by atoms with Gasteiger partial charge in [0.1, 0.15) is 11.6 Å². The highest BCUT2D eigenvalue weighted by molar-refractivity contribution is 5.34. The fourth-order valence-corrected chi connectivity index (χ4v) is 1.68. The Hall–Kier alpha value is -1.13. The lowest BCUT2D eigenvalue weighted by Gasteiger charge is -2.13. The second-order valence-corrected chi connectivity index (χ2v) is 4.33. The largest absolute Gasteiger partial charge is 0.493 e. The molecule has 0 amide bonds. The minimum absolute atomic E-state index is 0.0161. The van der Waals surface area contributed by atoms with Crippen molar-refractivity contribution in [3.63, 3.8) is 0 Å². The molecule has 102 valence electrons. The quantitative estimate of drug-likeness (QED) is 0.726. The van der Waals surface area contributed by atoms with Crippen LogP contribution in [0.5, 0.6) is 5.75 Å². The highest BCUT2D eigenvalue weighted by Crippen LogP contribution is 2.21. The van der Waals surface area contributed by atoms with E-state index >= 15 is 0 Å². The van der Waals surface area contributed by atoms with E-state index in [4.69, 9.17) is 15.2 Å². The molecule has 0 fully saturated rings. The van der Waals surface area contributed by atoms with Crippen molar-refractivity contribution in [1.29, 1.82) is 0 Å². The molecule has 18 heavy (non-hydrogen) atoms. The van der Waals surface area contributed by atoms with Crippen LogP contribution >= 0.6 is 0 Å². The lowest BCUT2D eigenvalue weighted by atomic mass is 10.1. The summed E-state index contributed by atoms with van der Waals surface area (Å²) < 4.78 is 24.0. The summed E-state index contributed by atoms with van der Waals surface area (Å²) in [6.45, 7) is 5.82. The predicted octanol–water partition coefficient (Wildman–Crippen LogP) is 2.52. The zero-order valence-electron chi connectivity index (χ0n) is 11.1. The standard InChI is InChI=1S/C14H22FNO2/c1-3-17-7-4-8-18-14-6-5-13(15)10-12(14)9-11(2)16/h5-6,10-11H,3-4,7-9,16H2,1-2H3. The van der Waals surface area contributed by atoms with Crippen molar-refractivity contribution in [2.45, 2.75) is 32.7 Å². The van der Waals surface area contributed by atoms with Crippen LogP contribution in [0, 0.1) is 5.82 Å². The summed E-state index contributed by atoms with van der Waals surface area (Å²) in [4.78, 5) is 0. The first-order valence-corrected chi connectivity index (χ1v) is 6.38. The number of nitrogens with two attached hydrogens (primary N) is 1. The molecule has 1 rings (SSSR count). The zero-order valence-corrected chi connectivity index (χ0v) is 11.1. The molecule has 2 N–H and O–H groups in total. The number of rotatable bonds is 8. The molecule has 0 aromatic heterocycles. The van der Waals surface area contributed by atoms with Gasteiger partial charge in [-0.15, -0.1) is 0 Å². The van der Waals surface area contributed by atoms with Gasteiger partial charge in [-0.2, -0.15) is 0 Å². The second-order valence-electron chi connectivity index (χ2n) is 4.33. The van der Waals surface area contributed by atoms with Gasteiger partial charge in [0.05, 0.1) is 6.61 Å². The molecule has 0 aliphatic rings. The van der Waals surface area contributed by atoms with Gasteiger partial charge in [-0.1, -0.05) is 0 Å². The monoisotopic (exact) mass is 255 g/mol. The van der Waals surface area contributed by atoms with Gasteiger partial charge in [-0.3, -0.25) is 0 Å². The molecule has 0 saturated heterocycles. The Kier molecular flexibility index (Phi) is 6.68. The third kappa shape index (κ3) is 5.47. The van der Waals surface area contributed by atoms with E-state index in [0.29, 0.717) is 32.0 Å². The van der Waals surface area contributed by atoms with E-state index in [0.717, 1.165) is 12.0 Å². The van der Waals surface area contributed by atoms with Gasteiger partial charge in [0.25, 0.3) is 0 Å². The zero-order chi connectivity index (χ0) is 13.4. The van der Waals surface area contributed by atoms with E-state index in [2.05, 4.69) is 0 Å². The van der Waals surface area contributed by atoms with E-state index < -0.39 is 0 Å². The van der Waals surface area contributed by atoms with Crippen LogP contribution in [0.1, 0.15) is 25.8 Å². The lowest BCUT2D eigenvalue weighted by molar-refractivity contribution is 0.130. The maximum atomic E-state index is 13.2. The third-order valence-electron chi connectivity index (χ3n) is 2.46. The van der Waals surface area contributed by atoms with Crippen molar-refractivity contribution in [3.8, 4) is 5.75 Å². The first-order valence-electron chi connectivity index (χ1n) is 6.38. The van der Waals surface area contributed by atoms with Crippen LogP contribution in [0.2, 0.25) is 0 Å². The van der Waals surface area contributed by atoms with Gasteiger partial charge in [0.2, 0.25) is 0 Å². The van der Waals surface area contributed by atoms with Crippen molar-refractivity contribution < 1.29 is 13.9 Å². The highest BCUT2D eigenvalue weighted by atomic mass is 19.1. The minimum Gasteiger partial charge on any atom is -0.493 e. The van der Waals surface area contributed by atoms with Crippen LogP contribution in [-0.4, -0.2) is 25.9 Å². The topological polar surface area (TPSA) is 44.5 Å². The number of hydrogen-bond acceptors (Lipinski definition) is 3. The fourth-order valence-electron chi connectivity index (χ4n) is 1.68. The summed E-state index contributed by atoms with van der Waals surface area (Å²) in [6.07, 6.45) is 1.43. The van der Waals surface area contributed by atoms with Crippen LogP contribution in [0.15, 0.2) is 18.2 Å². The summed E-state index contributed by atoms with van der Waals surface area (Å²) >= 11 is 0. The van der Waals surface area contributed by atoms with Crippen LogP contribution in [0.3, 0.4) is 0 Å². The van der Waals surface area contributed by atoms with E-state index in [1.807, 2.05) is 13.8 Å². The molecule has 4 heteroatoms. The Morgan fingerprint density at radius 2 is 2.11 bits per heavy atom. The molecule has 1 aromatic rings. The summed E-state index contributed by atoms with van der Waals surface area (Å²) in [5.41, 5.74) is 6.56. The van der Waals surface area contributed by atoms with Gasteiger partial charge >= 0.3 is 0 Å². The maximum absolute atomic E-state index is 13.2. The van der Waals surface area contributed by atoms with Gasteiger partial charge in [0, 0.05) is 25.7 Å². The summed E-state index contributed by atoms with van der Waals surface area (Å²) in [7, 11) is 0. The van der Waals surface area contributed by atoms with Gasteiger partial charge in [-0.25, -0.2) is 4.39 Å². The number of hydrogen-bond donors (Lipinski definition) is 1. The smallest absolute Gasteiger partial charge is 0.123 e. The predicted molar refractivity (Wildman–Crippen MR) is 70.4 cm³/mol. The average Bonchev–Trinajstić information content (AvgIpc) is 2.30. The molecule has 0 heterocycles. The first-order chi connectivity index (χ1) is 8.63. The molecule has 1 aromatic carbocycles. The average molecular weight is 255 g/mol. The normalized spacial score (nSPS) is 12.4. The number of ether oxygens (including phenoxy) is 2. The summed E-state index contributed by atoms with van der Waals surface area (Å²) in [5, 5.41) is 0. The molecule has 1 unspecified atom stereocenters. The Morgan fingerprint density at radius 1 is 1.33 bits per heavy atom. The molecule has 0 aliphatic heterocycles. The Labute approximate surface area is 108 Å². The molecule has 0 aliphatic carbocycles. The van der Waals surface area contributed by atoms with E-state index in [9.17, 15) is 4.39 Å². The number of benzene rings is 1. The van der Waals surface area contributed by atoms with Gasteiger partial charge in [-0.05, 0) is 44.0 Å². The molecule has 0 bridgehead atoms. The fraction of sp³-hybridized carbons (Fsp3) is 0.571. The van der Waals surface area contributed by atoms with Crippen LogP contribution in [0.4, 0.5) is 4.39 Å². The van der Waals surface area contributed by atoms with Crippen LogP contribution in [-0.2, 0) is 11.2 Å². The SMILES string of the molecule is CCOCCCOc1ccc(F)cc1CC(C)N. The van der Waals surface area contributed by atoms with Crippen molar-refractivity contribution in [1.82, 2.24) is 0 Å². The first kappa shape index (κ1) is 14.9. The molecule has 0 spiro atoms. The van der Waals surface area contributed by atoms with Crippen LogP contribution < -0.4 is 10.5 Å². The van der Waals surface area contributed by atoms with E-state index in [-0.39, 0.29) is 11.9 Å². The molecule has 1 atom stereocenters. The molecule has 3 nitrogen and oxygen atoms in total. The summed E-state index contributed by atoms with van der Waals surface area (Å²) in [5.74, 6) is 0.456. The van der Waals surface area contributed by atoms with E-state index in [1.165, 1.54) is 12.1 Å². The van der Waals surface area contributed by atoms with Crippen molar-refractivity contribution >= 4 is 0 Å². The van der Waals surface area contributed by atoms with Gasteiger partial charge < -0.3 is 15.2 Å². The molecular formula is C14H22FNO2. The second kappa shape index (κ2) is 8.06. The van der Waals surface area contributed by atoms with E-state index in [1.54, 1.807) is 6.07 Å². The van der Waals surface area contributed by atoms with Gasteiger partial charge in [0.15, 0.2) is 0 Å². The van der Waals surface area contributed by atoms with Crippen molar-refractivity contribution in [2.75, 3.05) is 19.8 Å². The Bertz CT molecular complexity index is 356. The Balaban J connectivity index is 2.52. The number of halogens is 1. The van der Waals surface area contributed by atoms with Crippen LogP contribution in [0.25, 0.3) is 0 Å². The third-order valence-corrected chi connectivity index (χ3v) is 2.46. The molecular weight excluding hydrogens is 233 g/mol. The summed E-state index contributed by atoms with van der Waals surface area (Å²) in [6, 6.07) is 4.54.